The number of thiophene rings is 1. The fraction of sp³-hybridized carbons (Fsp3) is 0.200. The van der Waals surface area contributed by atoms with Crippen LogP contribution in [0.2, 0.25) is 0 Å². The van der Waals surface area contributed by atoms with Crippen molar-refractivity contribution in [2.75, 3.05) is 0 Å². The lowest BCUT2D eigenvalue weighted by molar-refractivity contribution is -0.130. The van der Waals surface area contributed by atoms with Gasteiger partial charge in [0.2, 0.25) is 5.91 Å². The van der Waals surface area contributed by atoms with Gasteiger partial charge in [-0.3, -0.25) is 4.79 Å². The Labute approximate surface area is 125 Å². The predicted octanol–water partition coefficient (Wildman–Crippen LogP) is 2.86. The van der Waals surface area contributed by atoms with Crippen molar-refractivity contribution in [3.8, 4) is 11.5 Å². The third-order valence-electron chi connectivity index (χ3n) is 3.41. The SMILES string of the molecule is CC(=O)N1N=C(c2ccc(O)c(O)c2)CC1c1cccs1. The molecule has 0 fully saturated rings. The molecule has 1 unspecified atom stereocenters. The summed E-state index contributed by atoms with van der Waals surface area (Å²) in [6.07, 6.45) is 0.588. The summed E-state index contributed by atoms with van der Waals surface area (Å²) >= 11 is 1.59. The number of nitrogens with zero attached hydrogens (tertiary/aromatic N) is 2. The molecule has 1 aromatic carbocycles. The fourth-order valence-corrected chi connectivity index (χ4v) is 3.19. The topological polar surface area (TPSA) is 73.1 Å². The maximum absolute atomic E-state index is 11.8. The molecule has 0 radical (unpaired) electrons. The minimum absolute atomic E-state index is 0.103. The van der Waals surface area contributed by atoms with E-state index in [9.17, 15) is 15.0 Å². The molecule has 0 bridgehead atoms. The first-order valence-electron chi connectivity index (χ1n) is 6.49. The summed E-state index contributed by atoms with van der Waals surface area (Å²) in [7, 11) is 0. The number of hydrogen-bond acceptors (Lipinski definition) is 5. The van der Waals surface area contributed by atoms with Crippen LogP contribution < -0.4 is 0 Å². The maximum Gasteiger partial charge on any atom is 0.240 e. The van der Waals surface area contributed by atoms with Crippen LogP contribution in [-0.4, -0.2) is 26.8 Å². The molecule has 3 rings (SSSR count). The maximum atomic E-state index is 11.8. The highest BCUT2D eigenvalue weighted by Gasteiger charge is 2.32. The summed E-state index contributed by atoms with van der Waals surface area (Å²) in [6, 6.07) is 8.39. The molecule has 1 aromatic heterocycles. The second-order valence-electron chi connectivity index (χ2n) is 4.85. The van der Waals surface area contributed by atoms with E-state index in [1.54, 1.807) is 17.4 Å². The number of rotatable bonds is 2. The Morgan fingerprint density at radius 1 is 1.33 bits per heavy atom. The number of hydrazone groups is 1. The van der Waals surface area contributed by atoms with Gasteiger partial charge in [-0.25, -0.2) is 5.01 Å². The molecule has 21 heavy (non-hydrogen) atoms. The molecule has 1 aliphatic rings. The van der Waals surface area contributed by atoms with Crippen LogP contribution in [0.5, 0.6) is 11.5 Å². The van der Waals surface area contributed by atoms with Crippen molar-refractivity contribution in [3.05, 3.63) is 46.2 Å². The summed E-state index contributed by atoms with van der Waals surface area (Å²) in [5, 5.41) is 26.8. The molecule has 2 aromatic rings. The lowest BCUT2D eigenvalue weighted by Crippen LogP contribution is -2.23. The van der Waals surface area contributed by atoms with E-state index < -0.39 is 0 Å². The highest BCUT2D eigenvalue weighted by atomic mass is 32.1. The Hall–Kier alpha value is -2.34. The van der Waals surface area contributed by atoms with Crippen molar-refractivity contribution in [1.29, 1.82) is 0 Å². The van der Waals surface area contributed by atoms with E-state index in [4.69, 9.17) is 0 Å². The van der Waals surface area contributed by atoms with Gasteiger partial charge < -0.3 is 10.2 Å². The minimum atomic E-state index is -0.191. The average Bonchev–Trinajstić information content (AvgIpc) is 3.09. The number of phenols is 2. The van der Waals surface area contributed by atoms with Gasteiger partial charge in [0, 0.05) is 23.8 Å². The Bertz CT molecular complexity index is 710. The first kappa shape index (κ1) is 13.6. The standard InChI is InChI=1S/C15H14N2O3S/c1-9(18)17-12(15-3-2-6-21-15)8-11(16-17)10-4-5-13(19)14(20)7-10/h2-7,12,19-20H,8H2,1H3. The molecule has 0 saturated carbocycles. The van der Waals surface area contributed by atoms with Crippen LogP contribution in [0.4, 0.5) is 0 Å². The van der Waals surface area contributed by atoms with E-state index >= 15 is 0 Å². The first-order valence-corrected chi connectivity index (χ1v) is 7.37. The van der Waals surface area contributed by atoms with Crippen LogP contribution in [0.15, 0.2) is 40.8 Å². The fourth-order valence-electron chi connectivity index (χ4n) is 2.38. The van der Waals surface area contributed by atoms with E-state index in [0.29, 0.717) is 12.0 Å². The number of benzene rings is 1. The van der Waals surface area contributed by atoms with Crippen molar-refractivity contribution >= 4 is 23.0 Å². The molecule has 5 nitrogen and oxygen atoms in total. The molecular formula is C15H14N2O3S. The smallest absolute Gasteiger partial charge is 0.240 e. The number of hydrogen-bond donors (Lipinski definition) is 2. The van der Waals surface area contributed by atoms with Gasteiger partial charge in [-0.1, -0.05) is 6.07 Å². The van der Waals surface area contributed by atoms with Gasteiger partial charge in [0.25, 0.3) is 0 Å². The molecule has 0 spiro atoms. The highest BCUT2D eigenvalue weighted by molar-refractivity contribution is 7.10. The molecule has 108 valence electrons. The summed E-state index contributed by atoms with van der Waals surface area (Å²) in [5.74, 6) is -0.480. The summed E-state index contributed by atoms with van der Waals surface area (Å²) in [6.45, 7) is 1.49. The zero-order valence-electron chi connectivity index (χ0n) is 11.4. The largest absolute Gasteiger partial charge is 0.504 e. The zero-order chi connectivity index (χ0) is 15.0. The van der Waals surface area contributed by atoms with Crippen molar-refractivity contribution < 1.29 is 15.0 Å². The molecule has 1 atom stereocenters. The van der Waals surface area contributed by atoms with Crippen molar-refractivity contribution in [3.63, 3.8) is 0 Å². The molecule has 0 aliphatic carbocycles. The van der Waals surface area contributed by atoms with E-state index in [-0.39, 0.29) is 23.4 Å². The monoisotopic (exact) mass is 302 g/mol. The van der Waals surface area contributed by atoms with Gasteiger partial charge in [0.15, 0.2) is 11.5 Å². The minimum Gasteiger partial charge on any atom is -0.504 e. The van der Waals surface area contributed by atoms with E-state index in [0.717, 1.165) is 10.6 Å². The van der Waals surface area contributed by atoms with Crippen LogP contribution in [0.1, 0.15) is 29.8 Å². The Morgan fingerprint density at radius 3 is 2.76 bits per heavy atom. The Balaban J connectivity index is 1.95. The third-order valence-corrected chi connectivity index (χ3v) is 4.39. The van der Waals surface area contributed by atoms with Crippen LogP contribution >= 0.6 is 11.3 Å². The summed E-state index contributed by atoms with van der Waals surface area (Å²) < 4.78 is 0. The van der Waals surface area contributed by atoms with Gasteiger partial charge in [-0.2, -0.15) is 5.10 Å². The highest BCUT2D eigenvalue weighted by Crippen LogP contribution is 2.36. The number of aromatic hydroxyl groups is 2. The quantitative estimate of drug-likeness (QED) is 0.838. The Kier molecular flexibility index (Phi) is 3.39. The number of phenolic OH excluding ortho intramolecular Hbond substituents is 2. The van der Waals surface area contributed by atoms with Crippen LogP contribution in [-0.2, 0) is 4.79 Å². The normalized spacial score (nSPS) is 17.9. The molecule has 2 heterocycles. The summed E-state index contributed by atoms with van der Waals surface area (Å²) in [5.41, 5.74) is 1.43. The third kappa shape index (κ3) is 2.50. The van der Waals surface area contributed by atoms with Gasteiger partial charge in [0.1, 0.15) is 0 Å². The van der Waals surface area contributed by atoms with Gasteiger partial charge >= 0.3 is 0 Å². The molecule has 1 amide bonds. The first-order chi connectivity index (χ1) is 10.1. The van der Waals surface area contributed by atoms with Crippen LogP contribution in [0.25, 0.3) is 0 Å². The van der Waals surface area contributed by atoms with E-state index in [1.807, 2.05) is 17.5 Å². The average molecular weight is 302 g/mol. The molecule has 2 N–H and O–H groups in total. The lowest BCUT2D eigenvalue weighted by Gasteiger charge is -2.18. The molecule has 6 heteroatoms. The van der Waals surface area contributed by atoms with Crippen LogP contribution in [0, 0.1) is 0 Å². The van der Waals surface area contributed by atoms with Gasteiger partial charge in [-0.05, 0) is 29.6 Å². The Morgan fingerprint density at radius 2 is 2.14 bits per heavy atom. The number of carbonyl (C=O) groups excluding carboxylic acids is 1. The lowest BCUT2D eigenvalue weighted by atomic mass is 10.0. The summed E-state index contributed by atoms with van der Waals surface area (Å²) in [4.78, 5) is 12.9. The van der Waals surface area contributed by atoms with Crippen molar-refractivity contribution in [2.24, 2.45) is 5.10 Å². The van der Waals surface area contributed by atoms with Crippen molar-refractivity contribution in [2.45, 2.75) is 19.4 Å². The van der Waals surface area contributed by atoms with Gasteiger partial charge in [0.05, 0.1) is 11.8 Å². The second kappa shape index (κ2) is 5.21. The molecule has 0 saturated heterocycles. The number of amides is 1. The van der Waals surface area contributed by atoms with Crippen LogP contribution in [0.3, 0.4) is 0 Å². The van der Waals surface area contributed by atoms with E-state index in [1.165, 1.54) is 24.1 Å². The van der Waals surface area contributed by atoms with E-state index in [2.05, 4.69) is 5.10 Å². The van der Waals surface area contributed by atoms with Crippen molar-refractivity contribution in [1.82, 2.24) is 5.01 Å². The zero-order valence-corrected chi connectivity index (χ0v) is 12.2. The molecular weight excluding hydrogens is 288 g/mol. The molecule has 1 aliphatic heterocycles. The predicted molar refractivity (Wildman–Crippen MR) is 80.5 cm³/mol. The van der Waals surface area contributed by atoms with Gasteiger partial charge in [-0.15, -0.1) is 11.3 Å². The number of carbonyl (C=O) groups is 1. The second-order valence-corrected chi connectivity index (χ2v) is 5.83.